The molecule has 0 saturated heterocycles. The summed E-state index contributed by atoms with van der Waals surface area (Å²) in [6.07, 6.45) is 22.0. The maximum Gasteiger partial charge on any atom is 0.303 e. The Hall–Kier alpha value is 0.190. The van der Waals surface area contributed by atoms with Crippen molar-refractivity contribution in [1.82, 2.24) is 0 Å². The third kappa shape index (κ3) is 33.7. The minimum Gasteiger partial charge on any atom is -0.481 e. The van der Waals surface area contributed by atoms with Gasteiger partial charge in [0.15, 0.2) is 0 Å². The van der Waals surface area contributed by atoms with E-state index in [2.05, 4.69) is 23.1 Å². The quantitative estimate of drug-likeness (QED) is 0.220. The number of rotatable bonds is 16. The van der Waals surface area contributed by atoms with Crippen molar-refractivity contribution in [3.63, 3.8) is 0 Å². The van der Waals surface area contributed by atoms with Crippen LogP contribution in [0.1, 0.15) is 117 Å². The molecule has 0 aromatic rings. The van der Waals surface area contributed by atoms with Crippen LogP contribution in [0.5, 0.6) is 0 Å². The molecule has 0 aromatic heterocycles. The first-order valence-electron chi connectivity index (χ1n) is 10.1. The van der Waals surface area contributed by atoms with Crippen LogP contribution >= 0.6 is 21.6 Å². The zero-order valence-electron chi connectivity index (χ0n) is 16.4. The second-order valence-electron chi connectivity index (χ2n) is 6.53. The van der Waals surface area contributed by atoms with E-state index in [1.165, 1.54) is 83.2 Å². The molecule has 0 rings (SSSR count). The minimum absolute atomic E-state index is 0. The van der Waals surface area contributed by atoms with Gasteiger partial charge in [-0.1, -0.05) is 97.3 Å². The first-order chi connectivity index (χ1) is 11.2. The van der Waals surface area contributed by atoms with Crippen molar-refractivity contribution in [2.24, 2.45) is 0 Å². The Labute approximate surface area is 160 Å². The standard InChI is InChI=1S/C14H31P.C6H12O2.ClH/c1-2-3-4-5-6-7-8-9-10-11-12-13-14-15;1-2-3-4-5-6(7)8;/h2-15H2,1H3;2-5H2,1H3,(H,7,8);1H. The molecule has 0 radical (unpaired) electrons. The first-order valence-corrected chi connectivity index (χ1v) is 10.9. The van der Waals surface area contributed by atoms with Crippen molar-refractivity contribution >= 4 is 27.6 Å². The van der Waals surface area contributed by atoms with E-state index < -0.39 is 5.97 Å². The number of hydrogen-bond acceptors (Lipinski definition) is 1. The number of carbonyl (C=O) groups is 1. The molecule has 1 unspecified atom stereocenters. The zero-order valence-corrected chi connectivity index (χ0v) is 18.3. The molecule has 0 aliphatic carbocycles. The molecular weight excluding hydrogens is 339 g/mol. The van der Waals surface area contributed by atoms with Gasteiger partial charge in [0.1, 0.15) is 0 Å². The summed E-state index contributed by atoms with van der Waals surface area (Å²) in [5.74, 6) is -0.682. The molecule has 0 saturated carbocycles. The summed E-state index contributed by atoms with van der Waals surface area (Å²) in [6, 6.07) is 0. The van der Waals surface area contributed by atoms with Gasteiger partial charge in [-0.2, -0.15) is 0 Å². The third-order valence-corrected chi connectivity index (χ3v) is 4.46. The Bertz CT molecular complexity index is 214. The summed E-state index contributed by atoms with van der Waals surface area (Å²) >= 11 is 0. The lowest BCUT2D eigenvalue weighted by atomic mass is 10.1. The van der Waals surface area contributed by atoms with E-state index in [0.29, 0.717) is 6.42 Å². The van der Waals surface area contributed by atoms with Crippen LogP contribution in [0, 0.1) is 0 Å². The minimum atomic E-state index is -0.682. The summed E-state index contributed by atoms with van der Waals surface area (Å²) in [7, 11) is 2.81. The van der Waals surface area contributed by atoms with Gasteiger partial charge in [-0.25, -0.2) is 0 Å². The van der Waals surface area contributed by atoms with E-state index in [9.17, 15) is 4.79 Å². The van der Waals surface area contributed by atoms with Crippen LogP contribution in [0.4, 0.5) is 0 Å². The molecule has 1 atom stereocenters. The summed E-state index contributed by atoms with van der Waals surface area (Å²) in [5.41, 5.74) is 0. The summed E-state index contributed by atoms with van der Waals surface area (Å²) in [4.78, 5) is 9.87. The Morgan fingerprint density at radius 2 is 1.00 bits per heavy atom. The molecule has 0 aliphatic rings. The number of hydrogen-bond donors (Lipinski definition) is 1. The fourth-order valence-corrected chi connectivity index (χ4v) is 2.80. The highest BCUT2D eigenvalue weighted by Crippen LogP contribution is 2.12. The Morgan fingerprint density at radius 1 is 0.667 bits per heavy atom. The van der Waals surface area contributed by atoms with Gasteiger partial charge in [0.05, 0.1) is 0 Å². The lowest BCUT2D eigenvalue weighted by Crippen LogP contribution is -1.92. The predicted octanol–water partition coefficient (Wildman–Crippen LogP) is 7.64. The number of aliphatic carboxylic acids is 1. The Morgan fingerprint density at radius 3 is 1.33 bits per heavy atom. The topological polar surface area (TPSA) is 37.3 Å². The normalized spacial score (nSPS) is 9.79. The van der Waals surface area contributed by atoms with Gasteiger partial charge < -0.3 is 5.11 Å². The third-order valence-electron chi connectivity index (χ3n) is 4.05. The van der Waals surface area contributed by atoms with Gasteiger partial charge in [0, 0.05) is 6.42 Å². The molecule has 0 aliphatic heterocycles. The maximum atomic E-state index is 9.87. The summed E-state index contributed by atoms with van der Waals surface area (Å²) in [5, 5.41) is 8.14. The van der Waals surface area contributed by atoms with E-state index in [1.54, 1.807) is 0 Å². The molecule has 0 amide bonds. The second-order valence-corrected chi connectivity index (χ2v) is 7.11. The van der Waals surface area contributed by atoms with Gasteiger partial charge in [0.25, 0.3) is 0 Å². The van der Waals surface area contributed by atoms with E-state index in [-0.39, 0.29) is 12.4 Å². The van der Waals surface area contributed by atoms with E-state index in [1.807, 2.05) is 0 Å². The molecule has 2 nitrogen and oxygen atoms in total. The highest BCUT2D eigenvalue weighted by atomic mass is 35.5. The lowest BCUT2D eigenvalue weighted by Gasteiger charge is -2.01. The Balaban J connectivity index is -0.000000419. The summed E-state index contributed by atoms with van der Waals surface area (Å²) in [6.45, 7) is 4.34. The molecule has 24 heavy (non-hydrogen) atoms. The van der Waals surface area contributed by atoms with E-state index in [4.69, 9.17) is 5.11 Å². The van der Waals surface area contributed by atoms with E-state index >= 15 is 0 Å². The molecule has 4 heteroatoms. The molecule has 0 heterocycles. The summed E-state index contributed by atoms with van der Waals surface area (Å²) < 4.78 is 0. The van der Waals surface area contributed by atoms with Gasteiger partial charge in [0.2, 0.25) is 0 Å². The number of unbranched alkanes of at least 4 members (excludes halogenated alkanes) is 13. The van der Waals surface area contributed by atoms with Crippen LogP contribution in [0.15, 0.2) is 0 Å². The molecule has 1 N–H and O–H groups in total. The van der Waals surface area contributed by atoms with Crippen LogP contribution in [-0.4, -0.2) is 17.2 Å². The lowest BCUT2D eigenvalue weighted by molar-refractivity contribution is -0.137. The molecule has 0 spiro atoms. The van der Waals surface area contributed by atoms with Crippen molar-refractivity contribution in [2.75, 3.05) is 6.16 Å². The second kappa shape index (κ2) is 28.0. The van der Waals surface area contributed by atoms with Crippen molar-refractivity contribution in [3.05, 3.63) is 0 Å². The Kier molecular flexibility index (Phi) is 33.8. The van der Waals surface area contributed by atoms with Gasteiger partial charge >= 0.3 is 5.97 Å². The van der Waals surface area contributed by atoms with Crippen molar-refractivity contribution in [2.45, 2.75) is 117 Å². The zero-order chi connectivity index (χ0) is 17.6. The van der Waals surface area contributed by atoms with Crippen LogP contribution in [0.2, 0.25) is 0 Å². The maximum absolute atomic E-state index is 9.87. The van der Waals surface area contributed by atoms with Crippen LogP contribution in [-0.2, 0) is 4.79 Å². The number of carboxylic acids is 1. The van der Waals surface area contributed by atoms with Gasteiger partial charge in [-0.05, 0) is 19.0 Å². The van der Waals surface area contributed by atoms with Crippen molar-refractivity contribution in [3.8, 4) is 0 Å². The SMILES string of the molecule is CCCCCC(=O)O.CCCCCCCCCCCCCCP.Cl. The molecular formula is C20H44ClO2P. The predicted molar refractivity (Wildman–Crippen MR) is 115 cm³/mol. The number of carboxylic acid groups (broad SMARTS) is 1. The smallest absolute Gasteiger partial charge is 0.303 e. The van der Waals surface area contributed by atoms with Crippen LogP contribution in [0.3, 0.4) is 0 Å². The average Bonchev–Trinajstić information content (AvgIpc) is 2.53. The van der Waals surface area contributed by atoms with Crippen molar-refractivity contribution in [1.29, 1.82) is 0 Å². The monoisotopic (exact) mass is 382 g/mol. The van der Waals surface area contributed by atoms with Gasteiger partial charge in [-0.15, -0.1) is 21.6 Å². The molecule has 148 valence electrons. The van der Waals surface area contributed by atoms with Crippen LogP contribution < -0.4 is 0 Å². The van der Waals surface area contributed by atoms with Gasteiger partial charge in [-0.3, -0.25) is 4.79 Å². The number of halogens is 1. The largest absolute Gasteiger partial charge is 0.481 e. The van der Waals surface area contributed by atoms with Crippen LogP contribution in [0.25, 0.3) is 0 Å². The molecule has 0 bridgehead atoms. The molecule has 0 fully saturated rings. The van der Waals surface area contributed by atoms with Crippen molar-refractivity contribution < 1.29 is 9.90 Å². The highest BCUT2D eigenvalue weighted by molar-refractivity contribution is 7.16. The molecule has 0 aromatic carbocycles. The fourth-order valence-electron chi connectivity index (χ4n) is 2.51. The average molecular weight is 383 g/mol. The van der Waals surface area contributed by atoms with E-state index in [0.717, 1.165) is 19.3 Å². The first kappa shape index (κ1) is 29.0. The fraction of sp³-hybridized carbons (Fsp3) is 0.950. The highest BCUT2D eigenvalue weighted by Gasteiger charge is 1.93.